The van der Waals surface area contributed by atoms with Gasteiger partial charge in [-0.3, -0.25) is 5.32 Å². The summed E-state index contributed by atoms with van der Waals surface area (Å²) >= 11 is 11.4. The summed E-state index contributed by atoms with van der Waals surface area (Å²) in [5, 5.41) is 1.12. The number of aromatic nitrogens is 1. The Morgan fingerprint density at radius 3 is 2.36 bits per heavy atom. The summed E-state index contributed by atoms with van der Waals surface area (Å²) in [6.45, 7) is 6.48. The van der Waals surface area contributed by atoms with Crippen molar-refractivity contribution in [3.8, 4) is 0 Å². The van der Waals surface area contributed by atoms with E-state index in [1.54, 1.807) is 27.7 Å². The molecule has 1 aromatic rings. The molecule has 0 spiro atoms. The fourth-order valence-electron chi connectivity index (χ4n) is 1.42. The van der Waals surface area contributed by atoms with E-state index in [1.807, 2.05) is 0 Å². The topological polar surface area (TPSA) is 77.5 Å². The van der Waals surface area contributed by atoms with Crippen LogP contribution in [0.15, 0.2) is 0 Å². The Morgan fingerprint density at radius 1 is 1.27 bits per heavy atom. The summed E-state index contributed by atoms with van der Waals surface area (Å²) in [5.74, 6) is -2.05. The number of pyridine rings is 1. The Morgan fingerprint density at radius 2 is 1.86 bits per heavy atom. The summed E-state index contributed by atoms with van der Waals surface area (Å²) in [6.07, 6.45) is -0.977. The Bertz CT molecular complexity index is 603. The maximum atomic E-state index is 14.1. The fourth-order valence-corrected chi connectivity index (χ4v) is 1.90. The minimum Gasteiger partial charge on any atom is -0.462 e. The Kier molecular flexibility index (Phi) is 5.96. The third kappa shape index (κ3) is 4.71. The number of amides is 1. The van der Waals surface area contributed by atoms with Gasteiger partial charge in [-0.2, -0.15) is 0 Å². The van der Waals surface area contributed by atoms with Crippen molar-refractivity contribution in [3.63, 3.8) is 0 Å². The molecule has 1 amide bonds. The second kappa shape index (κ2) is 7.11. The van der Waals surface area contributed by atoms with E-state index in [9.17, 15) is 14.0 Å². The Labute approximate surface area is 136 Å². The molecular weight excluding hydrogens is 338 g/mol. The predicted octanol–water partition coefficient (Wildman–Crippen LogP) is 4.05. The smallest absolute Gasteiger partial charge is 0.412 e. The van der Waals surface area contributed by atoms with E-state index in [0.717, 1.165) is 0 Å². The molecule has 0 atom stereocenters. The van der Waals surface area contributed by atoms with Crippen LogP contribution >= 0.6 is 23.2 Å². The summed E-state index contributed by atoms with van der Waals surface area (Å²) in [7, 11) is 0. The number of carbonyl (C=O) groups excluding carboxylic acids is 2. The molecule has 0 aliphatic carbocycles. The molecule has 122 valence electrons. The second-order valence-electron chi connectivity index (χ2n) is 5.10. The lowest BCUT2D eigenvalue weighted by Gasteiger charge is -2.20. The Balaban J connectivity index is 3.26. The molecule has 0 aromatic carbocycles. The Hall–Kier alpha value is -1.60. The molecule has 0 saturated carbocycles. The minimum absolute atomic E-state index is 0.0330. The highest BCUT2D eigenvalue weighted by atomic mass is 35.5. The first-order valence-corrected chi connectivity index (χ1v) is 7.04. The maximum absolute atomic E-state index is 14.1. The zero-order chi connectivity index (χ0) is 17.1. The third-order valence-electron chi connectivity index (χ3n) is 2.16. The first-order valence-electron chi connectivity index (χ1n) is 6.28. The molecular formula is C13H15Cl2FN2O4. The van der Waals surface area contributed by atoms with Gasteiger partial charge in [-0.15, -0.1) is 0 Å². The SMILES string of the molecule is CCOC(=O)c1c(Cl)nc(Cl)c(F)c1NC(=O)OC(C)(C)C. The zero-order valence-electron chi connectivity index (χ0n) is 12.4. The largest absolute Gasteiger partial charge is 0.462 e. The number of nitrogens with zero attached hydrogens (tertiary/aromatic N) is 1. The van der Waals surface area contributed by atoms with Crippen LogP contribution in [-0.4, -0.2) is 29.3 Å². The molecule has 0 unspecified atom stereocenters. The average molecular weight is 353 g/mol. The van der Waals surface area contributed by atoms with Crippen LogP contribution in [-0.2, 0) is 9.47 Å². The van der Waals surface area contributed by atoms with E-state index in [-0.39, 0.29) is 6.61 Å². The monoisotopic (exact) mass is 352 g/mol. The van der Waals surface area contributed by atoms with Crippen molar-refractivity contribution in [2.45, 2.75) is 33.3 Å². The van der Waals surface area contributed by atoms with Gasteiger partial charge in [0.15, 0.2) is 11.0 Å². The van der Waals surface area contributed by atoms with E-state index in [1.165, 1.54) is 0 Å². The summed E-state index contributed by atoms with van der Waals surface area (Å²) in [4.78, 5) is 27.1. The van der Waals surface area contributed by atoms with Crippen molar-refractivity contribution in [2.75, 3.05) is 11.9 Å². The number of ether oxygens (including phenoxy) is 2. The average Bonchev–Trinajstić information content (AvgIpc) is 2.33. The number of halogens is 3. The van der Waals surface area contributed by atoms with Gasteiger partial charge in [-0.05, 0) is 27.7 Å². The number of esters is 1. The van der Waals surface area contributed by atoms with Crippen molar-refractivity contribution in [1.29, 1.82) is 0 Å². The van der Waals surface area contributed by atoms with Crippen molar-refractivity contribution in [2.24, 2.45) is 0 Å². The van der Waals surface area contributed by atoms with Crippen LogP contribution in [0, 0.1) is 5.82 Å². The van der Waals surface area contributed by atoms with E-state index in [4.69, 9.17) is 32.7 Å². The molecule has 0 aliphatic heterocycles. The molecule has 6 nitrogen and oxygen atoms in total. The molecule has 0 radical (unpaired) electrons. The van der Waals surface area contributed by atoms with Gasteiger partial charge in [0.25, 0.3) is 0 Å². The van der Waals surface area contributed by atoms with Crippen LogP contribution in [0.3, 0.4) is 0 Å². The molecule has 0 bridgehead atoms. The van der Waals surface area contributed by atoms with Gasteiger partial charge in [-0.1, -0.05) is 23.2 Å². The maximum Gasteiger partial charge on any atom is 0.412 e. The highest BCUT2D eigenvalue weighted by Crippen LogP contribution is 2.31. The van der Waals surface area contributed by atoms with Crippen LogP contribution < -0.4 is 5.32 Å². The van der Waals surface area contributed by atoms with Crippen molar-refractivity contribution in [3.05, 3.63) is 21.7 Å². The van der Waals surface area contributed by atoms with E-state index < -0.39 is 45.0 Å². The predicted molar refractivity (Wildman–Crippen MR) is 80.0 cm³/mol. The number of hydrogen-bond donors (Lipinski definition) is 1. The molecule has 0 saturated heterocycles. The molecule has 9 heteroatoms. The zero-order valence-corrected chi connectivity index (χ0v) is 13.9. The van der Waals surface area contributed by atoms with Gasteiger partial charge in [-0.25, -0.2) is 19.0 Å². The number of nitrogens with one attached hydrogen (secondary N) is 1. The summed E-state index contributed by atoms with van der Waals surface area (Å²) in [6, 6.07) is 0. The lowest BCUT2D eigenvalue weighted by atomic mass is 10.2. The van der Waals surface area contributed by atoms with Gasteiger partial charge < -0.3 is 9.47 Å². The lowest BCUT2D eigenvalue weighted by molar-refractivity contribution is 0.0527. The molecule has 1 heterocycles. The van der Waals surface area contributed by atoms with Crippen LogP contribution in [0.25, 0.3) is 0 Å². The molecule has 1 rings (SSSR count). The summed E-state index contributed by atoms with van der Waals surface area (Å²) in [5.41, 5.74) is -1.79. The first-order chi connectivity index (χ1) is 10.1. The van der Waals surface area contributed by atoms with Crippen LogP contribution in [0.2, 0.25) is 10.3 Å². The third-order valence-corrected chi connectivity index (χ3v) is 2.68. The van der Waals surface area contributed by atoms with Gasteiger partial charge in [0.1, 0.15) is 22.0 Å². The molecule has 22 heavy (non-hydrogen) atoms. The molecule has 0 fully saturated rings. The fraction of sp³-hybridized carbons (Fsp3) is 0.462. The van der Waals surface area contributed by atoms with Gasteiger partial charge >= 0.3 is 12.1 Å². The second-order valence-corrected chi connectivity index (χ2v) is 5.82. The molecule has 1 aromatic heterocycles. The molecule has 0 aliphatic rings. The van der Waals surface area contributed by atoms with E-state index in [2.05, 4.69) is 10.3 Å². The first kappa shape index (κ1) is 18.4. The van der Waals surface area contributed by atoms with Gasteiger partial charge in [0, 0.05) is 0 Å². The van der Waals surface area contributed by atoms with E-state index >= 15 is 0 Å². The minimum atomic E-state index is -1.11. The van der Waals surface area contributed by atoms with Crippen molar-refractivity contribution < 1.29 is 23.5 Å². The van der Waals surface area contributed by atoms with E-state index in [0.29, 0.717) is 0 Å². The number of rotatable bonds is 3. The normalized spacial score (nSPS) is 11.0. The van der Waals surface area contributed by atoms with Gasteiger partial charge in [0.2, 0.25) is 0 Å². The highest BCUT2D eigenvalue weighted by Gasteiger charge is 2.27. The van der Waals surface area contributed by atoms with Crippen molar-refractivity contribution in [1.82, 2.24) is 4.98 Å². The van der Waals surface area contributed by atoms with Gasteiger partial charge in [0.05, 0.1) is 6.61 Å². The van der Waals surface area contributed by atoms with Crippen LogP contribution in [0.1, 0.15) is 38.1 Å². The standard InChI is InChI=1S/C13H15Cl2FN2O4/c1-5-21-11(19)6-8(7(16)10(15)18-9(6)14)17-12(20)22-13(2,3)4/h5H2,1-4H3,(H,17,18,20). The quantitative estimate of drug-likeness (QED) is 0.655. The number of anilines is 1. The van der Waals surface area contributed by atoms with Crippen molar-refractivity contribution >= 4 is 41.0 Å². The lowest BCUT2D eigenvalue weighted by Crippen LogP contribution is -2.28. The number of carbonyl (C=O) groups is 2. The van der Waals surface area contributed by atoms with Crippen LogP contribution in [0.4, 0.5) is 14.9 Å². The number of hydrogen-bond acceptors (Lipinski definition) is 5. The summed E-state index contributed by atoms with van der Waals surface area (Å²) < 4.78 is 23.9. The highest BCUT2D eigenvalue weighted by molar-refractivity contribution is 6.35. The molecule has 1 N–H and O–H groups in total. The van der Waals surface area contributed by atoms with Crippen LogP contribution in [0.5, 0.6) is 0 Å².